The number of rotatable bonds is 12. The quantitative estimate of drug-likeness (QED) is 0.217. The lowest BCUT2D eigenvalue weighted by Gasteiger charge is -2.41. The minimum absolute atomic E-state index is 0.165. The summed E-state index contributed by atoms with van der Waals surface area (Å²) in [5.41, 5.74) is 0. The summed E-state index contributed by atoms with van der Waals surface area (Å²) in [6.07, 6.45) is 6.60. The van der Waals surface area contributed by atoms with Gasteiger partial charge in [-0.3, -0.25) is 0 Å². The average Bonchev–Trinajstić information content (AvgIpc) is 2.96. The summed E-state index contributed by atoms with van der Waals surface area (Å²) in [6.45, 7) is 27.8. The second-order valence-electron chi connectivity index (χ2n) is 16.9. The molecule has 3 aliphatic heterocycles. The summed E-state index contributed by atoms with van der Waals surface area (Å²) < 4.78 is 20.7. The molecule has 6 unspecified atom stereocenters. The van der Waals surface area contributed by atoms with Gasteiger partial charge in [-0.25, -0.2) is 0 Å². The first-order valence-corrected chi connectivity index (χ1v) is 18.6. The molecule has 1 aromatic rings. The van der Waals surface area contributed by atoms with Crippen molar-refractivity contribution in [3.8, 4) is 17.2 Å². The van der Waals surface area contributed by atoms with Crippen molar-refractivity contribution in [3.63, 3.8) is 0 Å². The molecule has 0 aliphatic carbocycles. The van der Waals surface area contributed by atoms with E-state index in [1.807, 2.05) is 0 Å². The van der Waals surface area contributed by atoms with Crippen LogP contribution in [0.5, 0.6) is 17.2 Å². The molecule has 0 saturated carbocycles. The molecule has 4 rings (SSSR count). The van der Waals surface area contributed by atoms with Crippen molar-refractivity contribution in [3.05, 3.63) is 18.2 Å². The maximum atomic E-state index is 6.89. The van der Waals surface area contributed by atoms with Crippen LogP contribution in [0, 0.1) is 35.5 Å². The summed E-state index contributed by atoms with van der Waals surface area (Å²) >= 11 is 0. The number of piperidine rings is 3. The minimum atomic E-state index is 0.165. The van der Waals surface area contributed by atoms with E-state index in [0.717, 1.165) is 55.8 Å². The molecule has 0 radical (unpaired) electrons. The van der Waals surface area contributed by atoms with Crippen LogP contribution >= 0.6 is 0 Å². The Kier molecular flexibility index (Phi) is 13.0. The molecule has 6 heteroatoms. The second-order valence-corrected chi connectivity index (χ2v) is 16.9. The van der Waals surface area contributed by atoms with E-state index >= 15 is 0 Å². The molecular weight excluding hydrogens is 558 g/mol. The normalized spacial score (nSPS) is 33.1. The Labute approximate surface area is 276 Å². The molecule has 3 heterocycles. The molecule has 45 heavy (non-hydrogen) atoms. The van der Waals surface area contributed by atoms with E-state index in [1.54, 1.807) is 0 Å². The highest BCUT2D eigenvalue weighted by molar-refractivity contribution is 5.42. The third-order valence-electron chi connectivity index (χ3n) is 11.0. The SMILES string of the molecule is CC(C)C1CC(Oc2cc(OC3CC(C(C)C)NC(C(C)C)C3)cc(OC3CC(C(C)C)NC(C(C)C)C3)c2)CC(C(C)C)N1. The Morgan fingerprint density at radius 3 is 0.711 bits per heavy atom. The molecule has 1 aromatic carbocycles. The fourth-order valence-corrected chi connectivity index (χ4v) is 7.62. The van der Waals surface area contributed by atoms with Crippen LogP contribution in [-0.2, 0) is 0 Å². The number of hydrogen-bond acceptors (Lipinski definition) is 6. The Balaban J connectivity index is 1.60. The van der Waals surface area contributed by atoms with Gasteiger partial charge in [0.15, 0.2) is 0 Å². The zero-order chi connectivity index (χ0) is 33.0. The molecule has 258 valence electrons. The number of ether oxygens (including phenoxy) is 3. The highest BCUT2D eigenvalue weighted by Crippen LogP contribution is 2.36. The number of benzene rings is 1. The van der Waals surface area contributed by atoms with Gasteiger partial charge >= 0.3 is 0 Å². The molecular formula is C39H69N3O3. The maximum absolute atomic E-state index is 6.89. The summed E-state index contributed by atoms with van der Waals surface area (Å²) in [5, 5.41) is 11.7. The Morgan fingerprint density at radius 1 is 0.378 bits per heavy atom. The lowest BCUT2D eigenvalue weighted by atomic mass is 9.85. The van der Waals surface area contributed by atoms with Crippen LogP contribution < -0.4 is 30.2 Å². The molecule has 3 fully saturated rings. The van der Waals surface area contributed by atoms with E-state index in [1.165, 1.54) is 0 Å². The number of nitrogens with one attached hydrogen (secondary N) is 3. The lowest BCUT2D eigenvalue weighted by molar-refractivity contribution is 0.0769. The third-order valence-corrected chi connectivity index (χ3v) is 11.0. The van der Waals surface area contributed by atoms with Gasteiger partial charge in [0.1, 0.15) is 35.6 Å². The average molecular weight is 628 g/mol. The van der Waals surface area contributed by atoms with Crippen molar-refractivity contribution in [1.29, 1.82) is 0 Å². The van der Waals surface area contributed by atoms with Crippen LogP contribution in [0.15, 0.2) is 18.2 Å². The van der Waals surface area contributed by atoms with E-state index in [4.69, 9.17) is 14.2 Å². The molecule has 6 atom stereocenters. The molecule has 0 spiro atoms. The van der Waals surface area contributed by atoms with E-state index in [0.29, 0.717) is 71.8 Å². The van der Waals surface area contributed by atoms with Crippen LogP contribution in [0.25, 0.3) is 0 Å². The highest BCUT2D eigenvalue weighted by Gasteiger charge is 2.36. The predicted molar refractivity (Wildman–Crippen MR) is 189 cm³/mol. The fourth-order valence-electron chi connectivity index (χ4n) is 7.62. The summed E-state index contributed by atoms with van der Waals surface area (Å²) in [7, 11) is 0. The van der Waals surface area contributed by atoms with Gasteiger partial charge in [0.2, 0.25) is 0 Å². The topological polar surface area (TPSA) is 63.8 Å². The van der Waals surface area contributed by atoms with Gasteiger partial charge in [-0.05, 0) is 74.0 Å². The van der Waals surface area contributed by atoms with Crippen LogP contribution in [-0.4, -0.2) is 54.6 Å². The highest BCUT2D eigenvalue weighted by atomic mass is 16.5. The summed E-state index contributed by atoms with van der Waals surface area (Å²) in [6, 6.07) is 9.14. The molecule has 6 nitrogen and oxygen atoms in total. The van der Waals surface area contributed by atoms with Crippen molar-refractivity contribution in [1.82, 2.24) is 16.0 Å². The van der Waals surface area contributed by atoms with Crippen molar-refractivity contribution >= 4 is 0 Å². The molecule has 3 aliphatic rings. The van der Waals surface area contributed by atoms with Gasteiger partial charge in [-0.15, -0.1) is 0 Å². The smallest absolute Gasteiger partial charge is 0.127 e. The van der Waals surface area contributed by atoms with Crippen molar-refractivity contribution in [2.45, 2.75) is 176 Å². The van der Waals surface area contributed by atoms with Crippen molar-refractivity contribution in [2.75, 3.05) is 0 Å². The van der Waals surface area contributed by atoms with E-state index in [-0.39, 0.29) is 18.3 Å². The Bertz CT molecular complexity index is 852. The van der Waals surface area contributed by atoms with Crippen LogP contribution in [0.4, 0.5) is 0 Å². The van der Waals surface area contributed by atoms with Gasteiger partial charge < -0.3 is 30.2 Å². The van der Waals surface area contributed by atoms with E-state index in [9.17, 15) is 0 Å². The zero-order valence-electron chi connectivity index (χ0n) is 30.9. The number of hydrogen-bond donors (Lipinski definition) is 3. The lowest BCUT2D eigenvalue weighted by Crippen LogP contribution is -2.53. The minimum Gasteiger partial charge on any atom is -0.490 e. The maximum Gasteiger partial charge on any atom is 0.127 e. The zero-order valence-corrected chi connectivity index (χ0v) is 30.9. The first-order chi connectivity index (χ1) is 21.2. The van der Waals surface area contributed by atoms with Crippen LogP contribution in [0.1, 0.15) is 122 Å². The van der Waals surface area contributed by atoms with Gasteiger partial charge in [0.25, 0.3) is 0 Å². The molecule has 0 aromatic heterocycles. The molecule has 0 bridgehead atoms. The summed E-state index contributed by atoms with van der Waals surface area (Å²) in [4.78, 5) is 0. The van der Waals surface area contributed by atoms with Gasteiger partial charge in [0, 0.05) is 54.5 Å². The van der Waals surface area contributed by atoms with E-state index < -0.39 is 0 Å². The molecule has 3 N–H and O–H groups in total. The largest absolute Gasteiger partial charge is 0.490 e. The molecule has 3 saturated heterocycles. The Hall–Kier alpha value is -1.50. The summed E-state index contributed by atoms with van der Waals surface area (Å²) in [5.74, 6) is 6.03. The van der Waals surface area contributed by atoms with Gasteiger partial charge in [0.05, 0.1) is 0 Å². The van der Waals surface area contributed by atoms with Gasteiger partial charge in [-0.1, -0.05) is 83.1 Å². The molecule has 0 amide bonds. The van der Waals surface area contributed by atoms with Crippen molar-refractivity contribution in [2.24, 2.45) is 35.5 Å². The standard InChI is InChI=1S/C39H69N3O3/c1-22(2)34-16-31(17-35(40-34)23(3)4)43-28-13-29(44-32-18-36(24(5)6)41-37(19-32)25(7)8)15-30(14-28)45-33-20-38(26(9)10)42-39(21-33)27(11)12/h13-15,22-27,31-42H,16-21H2,1-12H3. The van der Waals surface area contributed by atoms with E-state index in [2.05, 4.69) is 117 Å². The first-order valence-electron chi connectivity index (χ1n) is 18.6. The van der Waals surface area contributed by atoms with Crippen molar-refractivity contribution < 1.29 is 14.2 Å². The van der Waals surface area contributed by atoms with Crippen LogP contribution in [0.3, 0.4) is 0 Å². The predicted octanol–water partition coefficient (Wildman–Crippen LogP) is 8.23. The third kappa shape index (κ3) is 10.2. The van der Waals surface area contributed by atoms with Crippen LogP contribution in [0.2, 0.25) is 0 Å². The monoisotopic (exact) mass is 628 g/mol. The fraction of sp³-hybridized carbons (Fsp3) is 0.846. The first kappa shape index (κ1) is 36.3. The Morgan fingerprint density at radius 2 is 0.556 bits per heavy atom. The van der Waals surface area contributed by atoms with Gasteiger partial charge in [-0.2, -0.15) is 0 Å². The second kappa shape index (κ2) is 16.1.